The highest BCUT2D eigenvalue weighted by molar-refractivity contribution is 6.13. The highest BCUT2D eigenvalue weighted by Crippen LogP contribution is 2.49. The van der Waals surface area contributed by atoms with Crippen molar-refractivity contribution in [2.75, 3.05) is 49.9 Å². The number of rotatable bonds is 20. The lowest BCUT2D eigenvalue weighted by atomic mass is 9.69. The van der Waals surface area contributed by atoms with E-state index in [0.717, 1.165) is 16.9 Å². The number of hydrogen-bond donors (Lipinski definition) is 8. The molecule has 0 spiro atoms. The summed E-state index contributed by atoms with van der Waals surface area (Å²) in [6.45, 7) is 7.38. The van der Waals surface area contributed by atoms with E-state index in [4.69, 9.17) is 5.73 Å². The zero-order chi connectivity index (χ0) is 50.4. The summed E-state index contributed by atoms with van der Waals surface area (Å²) in [7, 11) is 0. The van der Waals surface area contributed by atoms with Crippen molar-refractivity contribution in [3.05, 3.63) is 119 Å². The van der Waals surface area contributed by atoms with Gasteiger partial charge in [-0.05, 0) is 86.2 Å². The number of hydrogen-bond acceptors (Lipinski definition) is 10. The molecule has 19 heteroatoms. The molecule has 0 radical (unpaired) electrons. The quantitative estimate of drug-likeness (QED) is 0.0457. The number of H-pyrrole nitrogens is 1. The van der Waals surface area contributed by atoms with Gasteiger partial charge in [-0.2, -0.15) is 0 Å². The van der Waals surface area contributed by atoms with Crippen molar-refractivity contribution in [2.24, 2.45) is 5.73 Å². The van der Waals surface area contributed by atoms with Crippen LogP contribution in [0.5, 0.6) is 0 Å². The number of ketones is 1. The number of likely N-dealkylation sites (tertiary alicyclic amines) is 1. The number of nitrogens with zero attached hydrogens (tertiary/aromatic N) is 2. The van der Waals surface area contributed by atoms with Crippen LogP contribution in [-0.4, -0.2) is 113 Å². The molecular formula is C51H60N10O9. The average molecular weight is 957 g/mol. The van der Waals surface area contributed by atoms with Gasteiger partial charge in [0.05, 0.1) is 6.54 Å². The normalized spacial score (nSPS) is 16.1. The third-order valence-electron chi connectivity index (χ3n) is 12.1. The van der Waals surface area contributed by atoms with Crippen molar-refractivity contribution < 1.29 is 43.2 Å². The van der Waals surface area contributed by atoms with Crippen LogP contribution in [0.2, 0.25) is 0 Å². The van der Waals surface area contributed by atoms with E-state index in [9.17, 15) is 43.2 Å². The summed E-state index contributed by atoms with van der Waals surface area (Å²) < 4.78 is 0. The first kappa shape index (κ1) is 51.5. The Morgan fingerprint density at radius 3 is 2.23 bits per heavy atom. The fraction of sp³-hybridized carbons (Fsp3) is 0.353. The zero-order valence-corrected chi connectivity index (χ0v) is 39.6. The molecule has 368 valence electrons. The van der Waals surface area contributed by atoms with Gasteiger partial charge in [-0.25, -0.2) is 4.79 Å². The van der Waals surface area contributed by atoms with Gasteiger partial charge in [-0.3, -0.25) is 43.3 Å². The van der Waals surface area contributed by atoms with E-state index in [1.54, 1.807) is 47.4 Å². The number of amides is 9. The van der Waals surface area contributed by atoms with E-state index < -0.39 is 47.0 Å². The lowest BCUT2D eigenvalue weighted by molar-refractivity contribution is -0.137. The first-order valence-electron chi connectivity index (χ1n) is 23.5. The SMILES string of the molecule is CCC.CCC12CCN(C(=O)c3cc4cc(NC(=O)c5ccc(NC(=O)[C@H](CCCNC(N)=O)NC(=O)CNCCNC(=O)CCCN6C(=O)C=CC6=O)cc5)ccc4[nH]3)C1=CC(=O)c1ccccc12. The van der Waals surface area contributed by atoms with Crippen LogP contribution in [0.25, 0.3) is 10.9 Å². The Labute approximate surface area is 405 Å². The van der Waals surface area contributed by atoms with Gasteiger partial charge < -0.3 is 47.5 Å². The number of urea groups is 1. The summed E-state index contributed by atoms with van der Waals surface area (Å²) in [6.07, 6.45) is 7.55. The molecule has 1 saturated heterocycles. The Morgan fingerprint density at radius 2 is 1.51 bits per heavy atom. The summed E-state index contributed by atoms with van der Waals surface area (Å²) in [5.74, 6) is -2.90. The molecule has 19 nitrogen and oxygen atoms in total. The van der Waals surface area contributed by atoms with E-state index in [1.807, 2.05) is 24.3 Å². The number of aromatic amines is 1. The maximum absolute atomic E-state index is 14.0. The van der Waals surface area contributed by atoms with Gasteiger partial charge in [0.1, 0.15) is 11.7 Å². The number of carbonyl (C=O) groups excluding carboxylic acids is 9. The van der Waals surface area contributed by atoms with Gasteiger partial charge in [0.25, 0.3) is 23.6 Å². The highest BCUT2D eigenvalue weighted by Gasteiger charge is 2.49. The minimum atomic E-state index is -0.998. The molecule has 1 fully saturated rings. The Hall–Kier alpha value is -7.93. The number of fused-ring (bicyclic) bond motifs is 4. The van der Waals surface area contributed by atoms with E-state index in [0.29, 0.717) is 70.6 Å². The molecule has 2 aliphatic heterocycles. The van der Waals surface area contributed by atoms with Crippen molar-refractivity contribution in [1.82, 2.24) is 36.1 Å². The number of primary amides is 1. The van der Waals surface area contributed by atoms with Crippen molar-refractivity contribution in [1.29, 1.82) is 0 Å². The number of nitrogens with two attached hydrogens (primary N) is 1. The molecule has 9 amide bonds. The number of imide groups is 1. The smallest absolute Gasteiger partial charge is 0.312 e. The van der Waals surface area contributed by atoms with E-state index >= 15 is 0 Å². The number of nitrogens with one attached hydrogen (secondary N) is 7. The zero-order valence-electron chi connectivity index (χ0n) is 39.6. The fourth-order valence-electron chi connectivity index (χ4n) is 8.65. The molecule has 1 aliphatic carbocycles. The van der Waals surface area contributed by atoms with Crippen LogP contribution in [0, 0.1) is 0 Å². The number of carbonyl (C=O) groups is 9. The van der Waals surface area contributed by atoms with Crippen LogP contribution in [-0.2, 0) is 29.4 Å². The predicted molar refractivity (Wildman–Crippen MR) is 263 cm³/mol. The summed E-state index contributed by atoms with van der Waals surface area (Å²) in [4.78, 5) is 119. The van der Waals surface area contributed by atoms with Crippen molar-refractivity contribution in [2.45, 2.75) is 77.2 Å². The van der Waals surface area contributed by atoms with Crippen molar-refractivity contribution in [3.8, 4) is 0 Å². The van der Waals surface area contributed by atoms with Gasteiger partial charge in [0.15, 0.2) is 5.78 Å². The molecule has 3 aromatic carbocycles. The van der Waals surface area contributed by atoms with Gasteiger partial charge in [-0.1, -0.05) is 51.5 Å². The minimum absolute atomic E-state index is 0.105. The topological polar surface area (TPSA) is 274 Å². The lowest BCUT2D eigenvalue weighted by Crippen LogP contribution is -2.47. The van der Waals surface area contributed by atoms with Crippen molar-refractivity contribution >= 4 is 75.4 Å². The van der Waals surface area contributed by atoms with Crippen molar-refractivity contribution in [3.63, 3.8) is 0 Å². The van der Waals surface area contributed by atoms with Gasteiger partial charge in [0.2, 0.25) is 17.7 Å². The monoisotopic (exact) mass is 956 g/mol. The van der Waals surface area contributed by atoms with E-state index in [-0.39, 0.29) is 63.2 Å². The summed E-state index contributed by atoms with van der Waals surface area (Å²) in [6, 6.07) is 19.0. The third kappa shape index (κ3) is 12.6. The summed E-state index contributed by atoms with van der Waals surface area (Å²) in [5, 5.41) is 17.1. The Bertz CT molecular complexity index is 2690. The first-order valence-corrected chi connectivity index (χ1v) is 23.5. The number of anilines is 2. The standard InChI is InChI=1S/C48H52N10O9.C3H8/c1-2-48-19-24-57(39(48)27-38(59)33-7-3-4-8-34(33)48)46(66)37-26-30-25-32(15-16-35(30)55-37)54-44(64)29-11-13-31(14-12-29)53-45(65)36(9-5-20-52-47(49)67)56-41(61)28-50-21-22-51-40(60)10-6-23-58-42(62)17-18-43(58)63;1-3-2/h3-4,7-8,11-18,25-27,36,50,55H,2,5-6,9-10,19-24,28H2,1H3,(H,51,60)(H,53,65)(H,54,64)(H,56,61)(H3,49,52,67);3H2,1-2H3/t36-,48?;/m0./s1. The molecule has 7 rings (SSSR count). The third-order valence-corrected chi connectivity index (χ3v) is 12.1. The maximum Gasteiger partial charge on any atom is 0.312 e. The molecule has 2 atom stereocenters. The molecule has 1 aromatic heterocycles. The van der Waals surface area contributed by atoms with Crippen LogP contribution in [0.15, 0.2) is 96.7 Å². The molecule has 3 aliphatic rings. The highest BCUT2D eigenvalue weighted by atomic mass is 16.2. The van der Waals surface area contributed by atoms with Gasteiger partial charge >= 0.3 is 6.03 Å². The number of benzene rings is 3. The molecule has 70 heavy (non-hydrogen) atoms. The molecular weight excluding hydrogens is 897 g/mol. The van der Waals surface area contributed by atoms with E-state index in [2.05, 4.69) is 57.7 Å². The van der Waals surface area contributed by atoms with E-state index in [1.165, 1.54) is 30.7 Å². The minimum Gasteiger partial charge on any atom is -0.355 e. The second-order valence-corrected chi connectivity index (χ2v) is 17.1. The largest absolute Gasteiger partial charge is 0.355 e. The molecule has 1 unspecified atom stereocenters. The molecule has 9 N–H and O–H groups in total. The Morgan fingerprint density at radius 1 is 0.800 bits per heavy atom. The Balaban J connectivity index is 0.00000261. The maximum atomic E-state index is 14.0. The fourth-order valence-corrected chi connectivity index (χ4v) is 8.65. The molecule has 0 bridgehead atoms. The van der Waals surface area contributed by atoms with Gasteiger partial charge in [0, 0.05) is 102 Å². The second kappa shape index (κ2) is 23.9. The average Bonchev–Trinajstić information content (AvgIpc) is 4.04. The summed E-state index contributed by atoms with van der Waals surface area (Å²) in [5.41, 5.74) is 9.27. The van der Waals surface area contributed by atoms with Crippen LogP contribution < -0.4 is 37.6 Å². The molecule has 3 heterocycles. The number of allylic oxidation sites excluding steroid dienone is 2. The predicted octanol–water partition coefficient (Wildman–Crippen LogP) is 4.39. The Kier molecular flexibility index (Phi) is 17.6. The van der Waals surface area contributed by atoms with Gasteiger partial charge in [-0.15, -0.1) is 0 Å². The van der Waals surface area contributed by atoms with Crippen LogP contribution in [0.3, 0.4) is 0 Å². The van der Waals surface area contributed by atoms with Crippen LogP contribution in [0.4, 0.5) is 16.2 Å². The first-order chi connectivity index (χ1) is 33.7. The second-order valence-electron chi connectivity index (χ2n) is 17.1. The van der Waals surface area contributed by atoms with Crippen LogP contribution in [0.1, 0.15) is 102 Å². The molecule has 4 aromatic rings. The molecule has 0 saturated carbocycles. The number of aromatic nitrogens is 1. The van der Waals surface area contributed by atoms with Crippen LogP contribution >= 0.6 is 0 Å². The summed E-state index contributed by atoms with van der Waals surface area (Å²) >= 11 is 0. The lowest BCUT2D eigenvalue weighted by Gasteiger charge is -2.35.